The van der Waals surface area contributed by atoms with Crippen molar-refractivity contribution in [2.45, 2.75) is 0 Å². The average molecular weight is 552 g/mol. The maximum Gasteiger partial charge on any atom is 0.0552 e. The first-order valence-electron chi connectivity index (χ1n) is 14.4. The van der Waals surface area contributed by atoms with Gasteiger partial charge in [0.05, 0.1) is 5.69 Å². The van der Waals surface area contributed by atoms with Gasteiger partial charge in [0.1, 0.15) is 0 Å². The van der Waals surface area contributed by atoms with Crippen LogP contribution in [0.5, 0.6) is 0 Å². The largest absolute Gasteiger partial charge is 0.310 e. The van der Waals surface area contributed by atoms with Crippen LogP contribution in [0.1, 0.15) is 0 Å². The van der Waals surface area contributed by atoms with Crippen LogP contribution >= 0.6 is 11.3 Å². The molecule has 0 bridgehead atoms. The normalized spacial score (nSPS) is 11.8. The van der Waals surface area contributed by atoms with E-state index in [1.807, 2.05) is 11.3 Å². The Kier molecular flexibility index (Phi) is 5.13. The van der Waals surface area contributed by atoms with Crippen molar-refractivity contribution >= 4 is 91.7 Å². The van der Waals surface area contributed by atoms with Crippen molar-refractivity contribution in [3.63, 3.8) is 0 Å². The molecule has 0 unspecified atom stereocenters. The molecule has 1 nitrogen and oxygen atoms in total. The van der Waals surface area contributed by atoms with E-state index in [1.54, 1.807) is 0 Å². The monoisotopic (exact) mass is 551 g/mol. The summed E-state index contributed by atoms with van der Waals surface area (Å²) < 4.78 is 2.68. The van der Waals surface area contributed by atoms with Crippen LogP contribution in [0, 0.1) is 0 Å². The van der Waals surface area contributed by atoms with E-state index < -0.39 is 0 Å². The van der Waals surface area contributed by atoms with Crippen molar-refractivity contribution in [1.82, 2.24) is 0 Å². The summed E-state index contributed by atoms with van der Waals surface area (Å²) in [6.07, 6.45) is 0. The Morgan fingerprint density at radius 3 is 1.88 bits per heavy atom. The third-order valence-corrected chi connectivity index (χ3v) is 9.81. The zero-order chi connectivity index (χ0) is 27.6. The second-order valence-electron chi connectivity index (χ2n) is 10.9. The van der Waals surface area contributed by atoms with Gasteiger partial charge in [0.15, 0.2) is 0 Å². The summed E-state index contributed by atoms with van der Waals surface area (Å²) in [6, 6.07) is 55.5. The Balaban J connectivity index is 1.41. The van der Waals surface area contributed by atoms with Crippen LogP contribution in [-0.2, 0) is 0 Å². The van der Waals surface area contributed by atoms with Gasteiger partial charge in [-0.05, 0) is 68.7 Å². The second kappa shape index (κ2) is 9.17. The number of hydrogen-bond donors (Lipinski definition) is 0. The van der Waals surface area contributed by atoms with Gasteiger partial charge in [-0.1, -0.05) is 115 Å². The van der Waals surface area contributed by atoms with Crippen LogP contribution in [0.25, 0.3) is 63.3 Å². The fourth-order valence-electron chi connectivity index (χ4n) is 6.67. The first kappa shape index (κ1) is 23.5. The van der Waals surface area contributed by atoms with Gasteiger partial charge in [-0.15, -0.1) is 11.3 Å². The highest BCUT2D eigenvalue weighted by Gasteiger charge is 2.20. The molecule has 0 spiro atoms. The van der Waals surface area contributed by atoms with Crippen molar-refractivity contribution in [1.29, 1.82) is 0 Å². The maximum atomic E-state index is 2.45. The minimum atomic E-state index is 1.14. The van der Waals surface area contributed by atoms with Crippen molar-refractivity contribution in [3.8, 4) is 0 Å². The number of anilines is 3. The van der Waals surface area contributed by atoms with Gasteiger partial charge in [0.25, 0.3) is 0 Å². The lowest BCUT2D eigenvalue weighted by Crippen LogP contribution is -2.10. The molecule has 0 atom stereocenters. The fraction of sp³-hybridized carbons (Fsp3) is 0. The molecular formula is C40H25NS. The predicted octanol–water partition coefficient (Wildman–Crippen LogP) is 12.1. The quantitative estimate of drug-likeness (QED) is 0.197. The Labute approximate surface area is 247 Å². The Hall–Kier alpha value is -5.18. The van der Waals surface area contributed by atoms with E-state index in [1.165, 1.54) is 68.9 Å². The zero-order valence-corrected chi connectivity index (χ0v) is 23.6. The van der Waals surface area contributed by atoms with Gasteiger partial charge in [0, 0.05) is 42.3 Å². The molecule has 1 heterocycles. The van der Waals surface area contributed by atoms with Crippen molar-refractivity contribution in [3.05, 3.63) is 152 Å². The first-order chi connectivity index (χ1) is 20.8. The predicted molar refractivity (Wildman–Crippen MR) is 184 cm³/mol. The third-order valence-electron chi connectivity index (χ3n) is 8.59. The Morgan fingerprint density at radius 2 is 1.02 bits per heavy atom. The highest BCUT2D eigenvalue weighted by molar-refractivity contribution is 7.26. The van der Waals surface area contributed by atoms with Crippen LogP contribution < -0.4 is 4.90 Å². The number of para-hydroxylation sites is 1. The summed E-state index contributed by atoms with van der Waals surface area (Å²) >= 11 is 1.89. The minimum Gasteiger partial charge on any atom is -0.310 e. The average Bonchev–Trinajstić information content (AvgIpc) is 3.44. The van der Waals surface area contributed by atoms with Crippen molar-refractivity contribution in [2.75, 3.05) is 4.90 Å². The van der Waals surface area contributed by atoms with Gasteiger partial charge in [-0.2, -0.15) is 0 Å². The van der Waals surface area contributed by atoms with E-state index >= 15 is 0 Å². The van der Waals surface area contributed by atoms with Crippen molar-refractivity contribution < 1.29 is 0 Å². The van der Waals surface area contributed by atoms with E-state index in [9.17, 15) is 0 Å². The van der Waals surface area contributed by atoms with Gasteiger partial charge >= 0.3 is 0 Å². The molecule has 2 heteroatoms. The number of hydrogen-bond acceptors (Lipinski definition) is 2. The molecular weight excluding hydrogens is 527 g/mol. The minimum absolute atomic E-state index is 1.14. The number of benzene rings is 8. The molecule has 0 N–H and O–H groups in total. The summed E-state index contributed by atoms with van der Waals surface area (Å²) in [4.78, 5) is 2.45. The second-order valence-corrected chi connectivity index (χ2v) is 12.0. The Morgan fingerprint density at radius 1 is 0.381 bits per heavy atom. The van der Waals surface area contributed by atoms with Crippen LogP contribution in [0.15, 0.2) is 152 Å². The van der Waals surface area contributed by atoms with E-state index in [0.717, 1.165) is 11.4 Å². The van der Waals surface area contributed by atoms with Crippen molar-refractivity contribution in [2.24, 2.45) is 0 Å². The standard InChI is InChI=1S/C40H25NS/c1-2-12-29(13-3-1)41(30-21-18-27-20-23-35-33-16-8-9-17-38(33)42-40(35)36(27)25-30)37-24-28-11-5-6-14-31(28)34-22-19-26-10-4-7-15-32(26)39(34)37/h1-25H. The smallest absolute Gasteiger partial charge is 0.0552 e. The summed E-state index contributed by atoms with van der Waals surface area (Å²) in [5.74, 6) is 0. The SMILES string of the molecule is c1ccc(N(c2ccc3ccc4c5ccccc5sc4c3c2)c2cc3ccccc3c3ccc4ccccc4c23)cc1. The van der Waals surface area contributed by atoms with Crippen LogP contribution in [0.2, 0.25) is 0 Å². The van der Waals surface area contributed by atoms with Gasteiger partial charge < -0.3 is 4.90 Å². The number of thiophene rings is 1. The molecule has 9 aromatic rings. The summed E-state index contributed by atoms with van der Waals surface area (Å²) in [5.41, 5.74) is 3.49. The number of rotatable bonds is 3. The lowest BCUT2D eigenvalue weighted by atomic mass is 9.94. The highest BCUT2D eigenvalue weighted by Crippen LogP contribution is 2.46. The summed E-state index contributed by atoms with van der Waals surface area (Å²) in [7, 11) is 0. The fourth-order valence-corrected chi connectivity index (χ4v) is 7.90. The molecule has 196 valence electrons. The molecule has 1 aromatic heterocycles. The molecule has 0 aliphatic heterocycles. The van der Waals surface area contributed by atoms with E-state index in [0.29, 0.717) is 0 Å². The van der Waals surface area contributed by atoms with Gasteiger partial charge in [0.2, 0.25) is 0 Å². The molecule has 0 amide bonds. The molecule has 42 heavy (non-hydrogen) atoms. The van der Waals surface area contributed by atoms with E-state index in [2.05, 4.69) is 157 Å². The maximum absolute atomic E-state index is 2.45. The van der Waals surface area contributed by atoms with Gasteiger partial charge in [-0.25, -0.2) is 0 Å². The molecule has 0 saturated heterocycles. The molecule has 9 rings (SSSR count). The third kappa shape index (κ3) is 3.49. The lowest BCUT2D eigenvalue weighted by Gasteiger charge is -2.28. The van der Waals surface area contributed by atoms with Crippen LogP contribution in [0.3, 0.4) is 0 Å². The molecule has 0 radical (unpaired) electrons. The van der Waals surface area contributed by atoms with Crippen LogP contribution in [0.4, 0.5) is 17.1 Å². The topological polar surface area (TPSA) is 3.24 Å². The van der Waals surface area contributed by atoms with Crippen LogP contribution in [-0.4, -0.2) is 0 Å². The molecule has 0 aliphatic carbocycles. The Bertz CT molecular complexity index is 2470. The molecule has 0 fully saturated rings. The number of nitrogens with zero attached hydrogens (tertiary/aromatic N) is 1. The van der Waals surface area contributed by atoms with E-state index in [4.69, 9.17) is 0 Å². The summed E-state index contributed by atoms with van der Waals surface area (Å²) in [6.45, 7) is 0. The molecule has 0 aliphatic rings. The zero-order valence-electron chi connectivity index (χ0n) is 22.8. The number of fused-ring (bicyclic) bond motifs is 10. The molecule has 0 saturated carbocycles. The highest BCUT2D eigenvalue weighted by atomic mass is 32.1. The van der Waals surface area contributed by atoms with Gasteiger partial charge in [-0.3, -0.25) is 0 Å². The first-order valence-corrected chi connectivity index (χ1v) is 15.2. The summed E-state index contributed by atoms with van der Waals surface area (Å²) in [5, 5.41) is 12.8. The van der Waals surface area contributed by atoms with E-state index in [-0.39, 0.29) is 0 Å². The lowest BCUT2D eigenvalue weighted by molar-refractivity contribution is 1.31. The molecule has 8 aromatic carbocycles.